The van der Waals surface area contributed by atoms with Gasteiger partial charge < -0.3 is 10.1 Å². The van der Waals surface area contributed by atoms with Crippen molar-refractivity contribution < 1.29 is 26.7 Å². The smallest absolute Gasteiger partial charge is 0.238 e. The predicted octanol–water partition coefficient (Wildman–Crippen LogP) is 3.42. The van der Waals surface area contributed by atoms with Gasteiger partial charge in [-0.1, -0.05) is 23.7 Å². The van der Waals surface area contributed by atoms with E-state index in [0.29, 0.717) is 0 Å². The van der Waals surface area contributed by atoms with Crippen molar-refractivity contribution in [2.75, 3.05) is 5.32 Å². The molecule has 0 aliphatic rings. The Morgan fingerprint density at radius 2 is 1.94 bits per heavy atom. The molecule has 3 aromatic rings. The number of hydrogen-bond donors (Lipinski definition) is 2. The predicted molar refractivity (Wildman–Crippen MR) is 110 cm³/mol. The van der Waals surface area contributed by atoms with Crippen LogP contribution in [0, 0.1) is 11.6 Å². The van der Waals surface area contributed by atoms with E-state index in [4.69, 9.17) is 21.5 Å². The second-order valence-corrected chi connectivity index (χ2v) is 8.33. The molecule has 0 saturated heterocycles. The number of ether oxygens (including phenoxy) is 1. The van der Waals surface area contributed by atoms with E-state index in [9.17, 15) is 22.0 Å². The van der Waals surface area contributed by atoms with Crippen molar-refractivity contribution in [2.45, 2.75) is 17.9 Å². The zero-order chi connectivity index (χ0) is 22.6. The minimum Gasteiger partial charge on any atom is -0.473 e. The molecule has 3 N–H and O–H groups in total. The molecule has 0 atom stereocenters. The van der Waals surface area contributed by atoms with Gasteiger partial charge in [0.15, 0.2) is 0 Å². The summed E-state index contributed by atoms with van der Waals surface area (Å²) in [5.41, 5.74) is 0.346. The highest BCUT2D eigenvalue weighted by Crippen LogP contribution is 2.23. The summed E-state index contributed by atoms with van der Waals surface area (Å²) < 4.78 is 56.2. The number of nitrogens with two attached hydrogens (primary N) is 1. The molecule has 0 saturated carbocycles. The van der Waals surface area contributed by atoms with E-state index in [1.54, 1.807) is 0 Å². The maximum Gasteiger partial charge on any atom is 0.238 e. The highest BCUT2D eigenvalue weighted by Gasteiger charge is 2.18. The fraction of sp³-hybridized carbons (Fsp3) is 0.100. The molecule has 0 radical (unpaired) electrons. The number of halogens is 3. The van der Waals surface area contributed by atoms with Crippen molar-refractivity contribution in [1.29, 1.82) is 0 Å². The summed E-state index contributed by atoms with van der Waals surface area (Å²) >= 11 is 5.92. The van der Waals surface area contributed by atoms with Crippen LogP contribution in [-0.2, 0) is 27.8 Å². The summed E-state index contributed by atoms with van der Waals surface area (Å²) in [6.07, 6.45) is 0.605. The van der Waals surface area contributed by atoms with Crippen LogP contribution >= 0.6 is 11.6 Å². The van der Waals surface area contributed by atoms with Gasteiger partial charge in [-0.25, -0.2) is 27.3 Å². The van der Waals surface area contributed by atoms with Crippen molar-refractivity contribution >= 4 is 33.2 Å². The minimum atomic E-state index is -4.17. The third kappa shape index (κ3) is 5.97. The Hall–Kier alpha value is -3.08. The molecule has 11 heteroatoms. The first-order chi connectivity index (χ1) is 14.6. The van der Waals surface area contributed by atoms with Gasteiger partial charge in [0, 0.05) is 27.9 Å². The number of rotatable bonds is 7. The molecule has 0 fully saturated rings. The first kappa shape index (κ1) is 22.6. The van der Waals surface area contributed by atoms with Crippen LogP contribution in [0.5, 0.6) is 5.88 Å². The normalized spacial score (nSPS) is 11.2. The molecule has 7 nitrogen and oxygen atoms in total. The number of carbonyl (C=O) groups is 1. The van der Waals surface area contributed by atoms with Gasteiger partial charge in [0.05, 0.1) is 17.5 Å². The molecule has 0 spiro atoms. The standard InChI is InChI=1S/C20H16ClF2N3O4S/c21-16-2-1-3-17(23)15(16)9-19(27)26-14-6-4-12(18(8-14)31(24,28)29)11-30-20-7-5-13(22)10-25-20/h1-8,10H,9,11H2,(H,26,27)(H2,24,28,29). The lowest BCUT2D eigenvalue weighted by molar-refractivity contribution is -0.115. The maximum absolute atomic E-state index is 13.9. The highest BCUT2D eigenvalue weighted by molar-refractivity contribution is 7.89. The van der Waals surface area contributed by atoms with Crippen LogP contribution in [0.15, 0.2) is 59.6 Å². The quantitative estimate of drug-likeness (QED) is 0.553. The molecule has 0 aliphatic heterocycles. The number of sulfonamides is 1. The number of benzene rings is 2. The monoisotopic (exact) mass is 467 g/mol. The molecule has 31 heavy (non-hydrogen) atoms. The Bertz CT molecular complexity index is 1200. The average molecular weight is 468 g/mol. The first-order valence-electron chi connectivity index (χ1n) is 8.76. The maximum atomic E-state index is 13.9. The van der Waals surface area contributed by atoms with Crippen LogP contribution in [0.25, 0.3) is 0 Å². The lowest BCUT2D eigenvalue weighted by Gasteiger charge is -2.12. The number of pyridine rings is 1. The minimum absolute atomic E-state index is 0.0187. The van der Waals surface area contributed by atoms with E-state index in [1.807, 2.05) is 0 Å². The van der Waals surface area contributed by atoms with Crippen LogP contribution < -0.4 is 15.2 Å². The fourth-order valence-corrected chi connectivity index (χ4v) is 3.70. The first-order valence-corrected chi connectivity index (χ1v) is 10.7. The Labute approximate surface area is 181 Å². The van der Waals surface area contributed by atoms with Crippen molar-refractivity contribution in [2.24, 2.45) is 5.14 Å². The van der Waals surface area contributed by atoms with Gasteiger partial charge in [-0.05, 0) is 30.3 Å². The molecule has 2 aromatic carbocycles. The van der Waals surface area contributed by atoms with E-state index in [0.717, 1.165) is 18.3 Å². The van der Waals surface area contributed by atoms with Gasteiger partial charge in [-0.15, -0.1) is 0 Å². The van der Waals surface area contributed by atoms with Gasteiger partial charge in [-0.3, -0.25) is 4.79 Å². The molecule has 0 aliphatic carbocycles. The molecule has 0 bridgehead atoms. The summed E-state index contributed by atoms with van der Waals surface area (Å²) in [6.45, 7) is -0.219. The van der Waals surface area contributed by atoms with Gasteiger partial charge in [0.1, 0.15) is 18.2 Å². The van der Waals surface area contributed by atoms with Crippen molar-refractivity contribution in [3.63, 3.8) is 0 Å². The van der Waals surface area contributed by atoms with Crippen LogP contribution in [-0.4, -0.2) is 19.3 Å². The summed E-state index contributed by atoms with van der Waals surface area (Å²) in [4.78, 5) is 15.7. The van der Waals surface area contributed by atoms with Crippen LogP contribution in [0.3, 0.4) is 0 Å². The lowest BCUT2D eigenvalue weighted by Crippen LogP contribution is -2.18. The molecule has 1 heterocycles. The number of aromatic nitrogens is 1. The van der Waals surface area contributed by atoms with E-state index in [1.165, 1.54) is 36.4 Å². The zero-order valence-corrected chi connectivity index (χ0v) is 17.4. The Morgan fingerprint density at radius 3 is 2.58 bits per heavy atom. The second kappa shape index (κ2) is 9.38. The summed E-state index contributed by atoms with van der Waals surface area (Å²) in [5.74, 6) is -1.70. The number of amides is 1. The molecule has 1 amide bonds. The van der Waals surface area contributed by atoms with E-state index < -0.39 is 27.6 Å². The molecule has 162 valence electrons. The van der Waals surface area contributed by atoms with Crippen molar-refractivity contribution in [1.82, 2.24) is 4.98 Å². The van der Waals surface area contributed by atoms with Crippen molar-refractivity contribution in [3.05, 3.63) is 82.5 Å². The van der Waals surface area contributed by atoms with Gasteiger partial charge >= 0.3 is 0 Å². The molecule has 0 unspecified atom stereocenters. The number of primary sulfonamides is 1. The number of nitrogens with one attached hydrogen (secondary N) is 1. The van der Waals surface area contributed by atoms with E-state index in [-0.39, 0.29) is 45.6 Å². The largest absolute Gasteiger partial charge is 0.473 e. The zero-order valence-electron chi connectivity index (χ0n) is 15.8. The van der Waals surface area contributed by atoms with Crippen LogP contribution in [0.4, 0.5) is 14.5 Å². The van der Waals surface area contributed by atoms with E-state index in [2.05, 4.69) is 10.3 Å². The van der Waals surface area contributed by atoms with Gasteiger partial charge in [0.2, 0.25) is 21.8 Å². The summed E-state index contributed by atoms with van der Waals surface area (Å²) in [7, 11) is -4.17. The molecular formula is C20H16ClF2N3O4S. The number of carbonyl (C=O) groups excluding carboxylic acids is 1. The number of anilines is 1. The SMILES string of the molecule is NS(=O)(=O)c1cc(NC(=O)Cc2c(F)cccc2Cl)ccc1COc1ccc(F)cn1. The summed E-state index contributed by atoms with van der Waals surface area (Å²) in [5, 5.41) is 7.87. The molecular weight excluding hydrogens is 452 g/mol. The molecule has 3 rings (SSSR count). The Morgan fingerprint density at radius 1 is 1.16 bits per heavy atom. The van der Waals surface area contributed by atoms with Crippen LogP contribution in [0.1, 0.15) is 11.1 Å². The molecule has 1 aromatic heterocycles. The van der Waals surface area contributed by atoms with Gasteiger partial charge in [-0.2, -0.15) is 0 Å². The second-order valence-electron chi connectivity index (χ2n) is 6.40. The number of hydrogen-bond acceptors (Lipinski definition) is 5. The Kier molecular flexibility index (Phi) is 6.84. The van der Waals surface area contributed by atoms with Crippen LogP contribution in [0.2, 0.25) is 5.02 Å². The topological polar surface area (TPSA) is 111 Å². The Balaban J connectivity index is 1.77. The fourth-order valence-electron chi connectivity index (χ4n) is 2.68. The van der Waals surface area contributed by atoms with E-state index >= 15 is 0 Å². The third-order valence-corrected chi connectivity index (χ3v) is 5.48. The highest BCUT2D eigenvalue weighted by atomic mass is 35.5. The van der Waals surface area contributed by atoms with Crippen molar-refractivity contribution in [3.8, 4) is 5.88 Å². The summed E-state index contributed by atoms with van der Waals surface area (Å²) in [6, 6.07) is 10.5. The third-order valence-electron chi connectivity index (χ3n) is 4.13. The average Bonchev–Trinajstić information content (AvgIpc) is 2.70. The number of nitrogens with zero attached hydrogens (tertiary/aromatic N) is 1. The van der Waals surface area contributed by atoms with Gasteiger partial charge in [0.25, 0.3) is 0 Å². The lowest BCUT2D eigenvalue weighted by atomic mass is 10.1.